The topological polar surface area (TPSA) is 65.2 Å². The van der Waals surface area contributed by atoms with Crippen LogP contribution in [-0.2, 0) is 0 Å². The summed E-state index contributed by atoms with van der Waals surface area (Å²) in [5, 5.41) is 5.60. The van der Waals surface area contributed by atoms with Gasteiger partial charge in [-0.2, -0.15) is 0 Å². The van der Waals surface area contributed by atoms with Gasteiger partial charge < -0.3 is 10.6 Å². The van der Waals surface area contributed by atoms with Gasteiger partial charge in [0.25, 0.3) is 0 Å². The Balaban J connectivity index is 1.76. The van der Waals surface area contributed by atoms with E-state index >= 15 is 0 Å². The Kier molecular flexibility index (Phi) is 5.05. The van der Waals surface area contributed by atoms with Crippen molar-refractivity contribution in [1.82, 2.24) is 10.9 Å². The van der Waals surface area contributed by atoms with Crippen LogP contribution in [0.4, 0.5) is 20.6 Å². The summed E-state index contributed by atoms with van der Waals surface area (Å²) in [5.41, 5.74) is 6.19. The normalized spacial score (nSPS) is 9.57. The average molecular weight is 304 g/mol. The first-order valence-corrected chi connectivity index (χ1v) is 6.49. The molecular formula is C14H13FN4OS. The van der Waals surface area contributed by atoms with Crippen LogP contribution in [0.3, 0.4) is 0 Å². The zero-order valence-corrected chi connectivity index (χ0v) is 11.7. The maximum absolute atomic E-state index is 12.7. The van der Waals surface area contributed by atoms with E-state index in [2.05, 4.69) is 21.5 Å². The molecule has 0 aromatic heterocycles. The lowest BCUT2D eigenvalue weighted by atomic mass is 10.3. The van der Waals surface area contributed by atoms with E-state index in [1.165, 1.54) is 24.3 Å². The zero-order valence-electron chi connectivity index (χ0n) is 10.9. The molecule has 0 atom stereocenters. The highest BCUT2D eigenvalue weighted by molar-refractivity contribution is 7.80. The smallest absolute Gasteiger partial charge is 0.331 e. The molecule has 0 aliphatic rings. The van der Waals surface area contributed by atoms with Crippen molar-refractivity contribution in [3.63, 3.8) is 0 Å². The predicted molar refractivity (Wildman–Crippen MR) is 84.4 cm³/mol. The highest BCUT2D eigenvalue weighted by Gasteiger charge is 2.02. The highest BCUT2D eigenvalue weighted by Crippen LogP contribution is 2.07. The maximum Gasteiger partial charge on any atom is 0.337 e. The van der Waals surface area contributed by atoms with E-state index in [-0.39, 0.29) is 10.9 Å². The molecule has 0 radical (unpaired) electrons. The summed E-state index contributed by atoms with van der Waals surface area (Å²) in [4.78, 5) is 11.6. The van der Waals surface area contributed by atoms with Crippen molar-refractivity contribution in [3.8, 4) is 0 Å². The fourth-order valence-electron chi connectivity index (χ4n) is 1.49. The van der Waals surface area contributed by atoms with Gasteiger partial charge in [-0.25, -0.2) is 14.6 Å². The van der Waals surface area contributed by atoms with Crippen molar-refractivity contribution in [2.45, 2.75) is 0 Å². The number of hydrogen-bond donors (Lipinski definition) is 4. The molecule has 2 aromatic carbocycles. The van der Waals surface area contributed by atoms with Gasteiger partial charge in [-0.1, -0.05) is 18.2 Å². The van der Waals surface area contributed by atoms with Crippen LogP contribution in [0.5, 0.6) is 0 Å². The summed E-state index contributed by atoms with van der Waals surface area (Å²) in [6.45, 7) is 0. The quantitative estimate of drug-likeness (QED) is 0.509. The molecule has 2 rings (SSSR count). The predicted octanol–water partition coefficient (Wildman–Crippen LogP) is 2.85. The van der Waals surface area contributed by atoms with Crippen LogP contribution in [-0.4, -0.2) is 11.1 Å². The molecule has 108 valence electrons. The summed E-state index contributed by atoms with van der Waals surface area (Å²) in [6, 6.07) is 14.2. The Labute approximate surface area is 126 Å². The molecule has 0 saturated carbocycles. The Hall–Kier alpha value is -2.67. The van der Waals surface area contributed by atoms with Gasteiger partial charge in [0.1, 0.15) is 5.82 Å². The molecule has 0 spiro atoms. The summed E-state index contributed by atoms with van der Waals surface area (Å²) in [5.74, 6) is -0.334. The number of amides is 2. The number of rotatable bonds is 2. The van der Waals surface area contributed by atoms with Gasteiger partial charge >= 0.3 is 6.03 Å². The maximum atomic E-state index is 12.7. The van der Waals surface area contributed by atoms with Crippen LogP contribution in [0.15, 0.2) is 54.6 Å². The summed E-state index contributed by atoms with van der Waals surface area (Å²) < 4.78 is 12.7. The number of hydrazine groups is 1. The molecule has 0 aliphatic heterocycles. The van der Waals surface area contributed by atoms with Crippen LogP contribution in [0.1, 0.15) is 0 Å². The first-order chi connectivity index (χ1) is 10.1. The lowest BCUT2D eigenvalue weighted by Crippen LogP contribution is -2.45. The Morgan fingerprint density at radius 2 is 1.48 bits per heavy atom. The molecule has 2 aromatic rings. The van der Waals surface area contributed by atoms with Gasteiger partial charge in [0, 0.05) is 11.4 Å². The van der Waals surface area contributed by atoms with E-state index in [0.717, 1.165) is 0 Å². The summed E-state index contributed by atoms with van der Waals surface area (Å²) >= 11 is 4.99. The van der Waals surface area contributed by atoms with Gasteiger partial charge in [0.05, 0.1) is 0 Å². The van der Waals surface area contributed by atoms with E-state index in [1.807, 2.05) is 18.2 Å². The molecule has 0 bridgehead atoms. The van der Waals surface area contributed by atoms with Crippen molar-refractivity contribution in [2.24, 2.45) is 0 Å². The molecule has 2 amide bonds. The van der Waals surface area contributed by atoms with E-state index in [0.29, 0.717) is 11.4 Å². The van der Waals surface area contributed by atoms with Gasteiger partial charge in [0.15, 0.2) is 5.11 Å². The minimum atomic E-state index is -0.454. The molecule has 0 fully saturated rings. The molecule has 0 unspecified atom stereocenters. The van der Waals surface area contributed by atoms with Crippen molar-refractivity contribution in [2.75, 3.05) is 10.6 Å². The molecule has 4 N–H and O–H groups in total. The SMILES string of the molecule is O=C(NNC(=S)Nc1ccc(F)cc1)Nc1ccccc1. The largest absolute Gasteiger partial charge is 0.337 e. The number of benzene rings is 2. The first-order valence-electron chi connectivity index (χ1n) is 6.08. The summed E-state index contributed by atoms with van der Waals surface area (Å²) in [6.07, 6.45) is 0. The van der Waals surface area contributed by atoms with E-state index in [4.69, 9.17) is 12.2 Å². The number of para-hydroxylation sites is 1. The van der Waals surface area contributed by atoms with Crippen LogP contribution in [0.25, 0.3) is 0 Å². The third-order valence-electron chi connectivity index (χ3n) is 2.42. The van der Waals surface area contributed by atoms with Crippen molar-refractivity contribution in [1.29, 1.82) is 0 Å². The van der Waals surface area contributed by atoms with Crippen molar-refractivity contribution >= 4 is 34.7 Å². The fraction of sp³-hybridized carbons (Fsp3) is 0. The second-order valence-electron chi connectivity index (χ2n) is 4.03. The fourth-order valence-corrected chi connectivity index (χ4v) is 1.66. The second-order valence-corrected chi connectivity index (χ2v) is 4.44. The molecule has 7 heteroatoms. The average Bonchev–Trinajstić information content (AvgIpc) is 2.49. The first kappa shape index (κ1) is 14.7. The number of nitrogens with one attached hydrogen (secondary N) is 4. The molecule has 5 nitrogen and oxygen atoms in total. The van der Waals surface area contributed by atoms with E-state index in [9.17, 15) is 9.18 Å². The Morgan fingerprint density at radius 3 is 2.14 bits per heavy atom. The van der Waals surface area contributed by atoms with Gasteiger partial charge in [-0.3, -0.25) is 5.43 Å². The second kappa shape index (κ2) is 7.20. The summed E-state index contributed by atoms with van der Waals surface area (Å²) in [7, 11) is 0. The molecule has 0 aliphatic carbocycles. The van der Waals surface area contributed by atoms with E-state index < -0.39 is 6.03 Å². The monoisotopic (exact) mass is 304 g/mol. The third kappa shape index (κ3) is 5.07. The molecular weight excluding hydrogens is 291 g/mol. The number of thiocarbonyl (C=S) groups is 1. The minimum absolute atomic E-state index is 0.185. The molecule has 0 saturated heterocycles. The van der Waals surface area contributed by atoms with Gasteiger partial charge in [-0.05, 0) is 48.6 Å². The van der Waals surface area contributed by atoms with E-state index in [1.54, 1.807) is 12.1 Å². The van der Waals surface area contributed by atoms with Gasteiger partial charge in [0.2, 0.25) is 0 Å². The standard InChI is InChI=1S/C14H13FN4OS/c15-10-6-8-12(9-7-10)17-14(21)19-18-13(20)16-11-4-2-1-3-5-11/h1-9H,(H2,16,18,20)(H2,17,19,21). The van der Waals surface area contributed by atoms with Crippen molar-refractivity contribution in [3.05, 3.63) is 60.4 Å². The number of carbonyl (C=O) groups excluding carboxylic acids is 1. The number of hydrogen-bond acceptors (Lipinski definition) is 2. The van der Waals surface area contributed by atoms with Crippen LogP contribution >= 0.6 is 12.2 Å². The highest BCUT2D eigenvalue weighted by atomic mass is 32.1. The van der Waals surface area contributed by atoms with Crippen molar-refractivity contribution < 1.29 is 9.18 Å². The lowest BCUT2D eigenvalue weighted by Gasteiger charge is -2.12. The molecule has 0 heterocycles. The third-order valence-corrected chi connectivity index (χ3v) is 2.63. The van der Waals surface area contributed by atoms with Crippen LogP contribution in [0.2, 0.25) is 0 Å². The van der Waals surface area contributed by atoms with Gasteiger partial charge in [-0.15, -0.1) is 0 Å². The number of urea groups is 1. The minimum Gasteiger partial charge on any atom is -0.331 e. The zero-order chi connectivity index (χ0) is 15.1. The number of carbonyl (C=O) groups is 1. The number of anilines is 2. The van der Waals surface area contributed by atoms with Crippen LogP contribution < -0.4 is 21.5 Å². The van der Waals surface area contributed by atoms with Crippen LogP contribution in [0, 0.1) is 5.82 Å². The Bertz CT molecular complexity index is 619. The Morgan fingerprint density at radius 1 is 0.857 bits per heavy atom. The number of halogens is 1. The molecule has 21 heavy (non-hydrogen) atoms. The lowest BCUT2D eigenvalue weighted by molar-refractivity contribution is 0.250.